The molecule has 182 valence electrons. The first-order valence-electron chi connectivity index (χ1n) is 11.8. The van der Waals surface area contributed by atoms with Gasteiger partial charge in [-0.05, 0) is 74.4 Å². The van der Waals surface area contributed by atoms with Crippen LogP contribution >= 0.6 is 0 Å². The van der Waals surface area contributed by atoms with Gasteiger partial charge in [0, 0.05) is 10.8 Å². The number of nitrogens with one attached hydrogen (secondary N) is 1. The second kappa shape index (κ2) is 9.53. The van der Waals surface area contributed by atoms with Gasteiger partial charge in [0.05, 0.1) is 23.4 Å². The van der Waals surface area contributed by atoms with E-state index in [9.17, 15) is 9.18 Å². The summed E-state index contributed by atoms with van der Waals surface area (Å²) in [6, 6.07) is 18.0. The lowest BCUT2D eigenvalue weighted by atomic mass is 9.93. The maximum absolute atomic E-state index is 13.3. The number of ether oxygens (including phenoxy) is 1. The van der Waals surface area contributed by atoms with E-state index in [4.69, 9.17) is 4.74 Å². The molecule has 0 saturated carbocycles. The highest BCUT2D eigenvalue weighted by atomic mass is 19.1. The van der Waals surface area contributed by atoms with E-state index >= 15 is 0 Å². The number of hydrogen-bond acceptors (Lipinski definition) is 3. The van der Waals surface area contributed by atoms with Crippen LogP contribution in [-0.4, -0.2) is 21.7 Å². The Bertz CT molecular complexity index is 1350. The molecule has 5 nitrogen and oxygen atoms in total. The smallest absolute Gasteiger partial charge is 0.225 e. The van der Waals surface area contributed by atoms with Gasteiger partial charge in [0.2, 0.25) is 5.91 Å². The number of nitrogens with zero attached hydrogens (tertiary/aromatic N) is 2. The van der Waals surface area contributed by atoms with Crippen molar-refractivity contribution in [1.29, 1.82) is 0 Å². The monoisotopic (exact) mass is 473 g/mol. The Morgan fingerprint density at radius 2 is 1.74 bits per heavy atom. The number of aromatic nitrogens is 2. The molecule has 0 spiro atoms. The van der Waals surface area contributed by atoms with E-state index in [1.165, 1.54) is 17.7 Å². The molecule has 1 heterocycles. The highest BCUT2D eigenvalue weighted by molar-refractivity contribution is 5.82. The summed E-state index contributed by atoms with van der Waals surface area (Å²) in [5.41, 5.74) is 4.47. The van der Waals surface area contributed by atoms with E-state index < -0.39 is 5.41 Å². The number of halogens is 1. The molecule has 0 aliphatic carbocycles. The minimum Gasteiger partial charge on any atom is -0.484 e. The molecule has 0 aliphatic rings. The fourth-order valence-electron chi connectivity index (χ4n) is 4.10. The van der Waals surface area contributed by atoms with Crippen molar-refractivity contribution in [3.8, 4) is 11.4 Å². The minimum absolute atomic E-state index is 0.0283. The maximum atomic E-state index is 13.3. The minimum atomic E-state index is -0.505. The molecule has 0 unspecified atom stereocenters. The summed E-state index contributed by atoms with van der Waals surface area (Å²) in [4.78, 5) is 12.7. The van der Waals surface area contributed by atoms with Crippen molar-refractivity contribution in [3.05, 3.63) is 89.4 Å². The fraction of sp³-hybridized carbons (Fsp3) is 0.310. The molecule has 35 heavy (non-hydrogen) atoms. The predicted molar refractivity (Wildman–Crippen MR) is 137 cm³/mol. The Hall–Kier alpha value is -3.67. The van der Waals surface area contributed by atoms with E-state index in [0.717, 1.165) is 27.7 Å². The highest BCUT2D eigenvalue weighted by Gasteiger charge is 2.29. The summed E-state index contributed by atoms with van der Waals surface area (Å²) in [5.74, 6) is 0.364. The Morgan fingerprint density at radius 1 is 1.03 bits per heavy atom. The SMILES string of the molecule is Cc1ccc([C@H](Oc2ccc3c(cnn3-c3ccc(F)cc3)c2)[C@H](C)NC(=O)C(C)(C)C)c(C)c1. The molecule has 4 rings (SSSR count). The number of rotatable bonds is 6. The number of carbonyl (C=O) groups excluding carboxylic acids is 1. The number of carbonyl (C=O) groups is 1. The lowest BCUT2D eigenvalue weighted by molar-refractivity contribution is -0.129. The Balaban J connectivity index is 1.67. The van der Waals surface area contributed by atoms with Crippen LogP contribution in [0.3, 0.4) is 0 Å². The molecule has 0 fully saturated rings. The zero-order valence-electron chi connectivity index (χ0n) is 21.1. The molecule has 6 heteroatoms. The van der Waals surface area contributed by atoms with Gasteiger partial charge in [-0.3, -0.25) is 4.79 Å². The van der Waals surface area contributed by atoms with Crippen molar-refractivity contribution in [2.75, 3.05) is 0 Å². The Labute approximate surface area is 205 Å². The molecular weight excluding hydrogens is 441 g/mol. The molecule has 1 amide bonds. The standard InChI is InChI=1S/C29H32FN3O2/c1-18-7-13-25(19(2)15-18)27(20(3)32-28(34)29(4,5)6)35-24-12-14-26-21(16-24)17-31-33(26)23-10-8-22(30)9-11-23/h7-17,20,27H,1-6H3,(H,32,34)/t20-,27+/m0/s1. The topological polar surface area (TPSA) is 56.1 Å². The van der Waals surface area contributed by atoms with Crippen LogP contribution in [0.1, 0.15) is 50.5 Å². The first-order chi connectivity index (χ1) is 16.5. The summed E-state index contributed by atoms with van der Waals surface area (Å²) >= 11 is 0. The van der Waals surface area contributed by atoms with Gasteiger partial charge < -0.3 is 10.1 Å². The van der Waals surface area contributed by atoms with Crippen molar-refractivity contribution in [2.45, 2.75) is 53.7 Å². The molecule has 0 radical (unpaired) electrons. The van der Waals surface area contributed by atoms with Crippen LogP contribution in [-0.2, 0) is 4.79 Å². The summed E-state index contributed by atoms with van der Waals surface area (Å²) in [6.07, 6.45) is 1.38. The van der Waals surface area contributed by atoms with Crippen molar-refractivity contribution < 1.29 is 13.9 Å². The lowest BCUT2D eigenvalue weighted by Gasteiger charge is -2.30. The Kier molecular flexibility index (Phi) is 6.66. The molecule has 0 bridgehead atoms. The van der Waals surface area contributed by atoms with Crippen LogP contribution in [0.25, 0.3) is 16.6 Å². The van der Waals surface area contributed by atoms with Gasteiger partial charge in [-0.25, -0.2) is 9.07 Å². The summed E-state index contributed by atoms with van der Waals surface area (Å²) < 4.78 is 21.6. The zero-order valence-corrected chi connectivity index (χ0v) is 21.1. The first kappa shape index (κ1) is 24.5. The molecule has 4 aromatic rings. The average molecular weight is 474 g/mol. The summed E-state index contributed by atoms with van der Waals surface area (Å²) in [7, 11) is 0. The summed E-state index contributed by atoms with van der Waals surface area (Å²) in [5, 5.41) is 8.52. The fourth-order valence-corrected chi connectivity index (χ4v) is 4.10. The van der Waals surface area contributed by atoms with E-state index in [0.29, 0.717) is 5.75 Å². The maximum Gasteiger partial charge on any atom is 0.225 e. The van der Waals surface area contributed by atoms with Crippen LogP contribution in [0.2, 0.25) is 0 Å². The number of benzene rings is 3. The van der Waals surface area contributed by atoms with Crippen LogP contribution in [0, 0.1) is 25.1 Å². The van der Waals surface area contributed by atoms with Gasteiger partial charge in [0.15, 0.2) is 0 Å². The third kappa shape index (κ3) is 5.37. The molecular formula is C29H32FN3O2. The van der Waals surface area contributed by atoms with E-state index in [2.05, 4.69) is 42.5 Å². The predicted octanol–water partition coefficient (Wildman–Crippen LogP) is 6.45. The molecule has 1 N–H and O–H groups in total. The van der Waals surface area contributed by atoms with E-state index in [1.807, 2.05) is 45.9 Å². The van der Waals surface area contributed by atoms with E-state index in [1.54, 1.807) is 23.0 Å². The first-order valence-corrected chi connectivity index (χ1v) is 11.8. The molecule has 0 aliphatic heterocycles. The van der Waals surface area contributed by atoms with E-state index in [-0.39, 0.29) is 23.9 Å². The number of aryl methyl sites for hydroxylation is 2. The van der Waals surface area contributed by atoms with Crippen LogP contribution in [0.15, 0.2) is 66.9 Å². The van der Waals surface area contributed by atoms with Crippen molar-refractivity contribution in [2.24, 2.45) is 5.41 Å². The quantitative estimate of drug-likeness (QED) is 0.350. The van der Waals surface area contributed by atoms with Crippen LogP contribution in [0.5, 0.6) is 5.75 Å². The largest absolute Gasteiger partial charge is 0.484 e. The van der Waals surface area contributed by atoms with Crippen LogP contribution in [0.4, 0.5) is 4.39 Å². The van der Waals surface area contributed by atoms with Gasteiger partial charge >= 0.3 is 0 Å². The molecule has 3 aromatic carbocycles. The van der Waals surface area contributed by atoms with Crippen molar-refractivity contribution in [1.82, 2.24) is 15.1 Å². The molecule has 1 aromatic heterocycles. The van der Waals surface area contributed by atoms with Gasteiger partial charge in [-0.1, -0.05) is 44.5 Å². The molecule has 2 atom stereocenters. The average Bonchev–Trinajstić information content (AvgIpc) is 3.21. The second-order valence-electron chi connectivity index (χ2n) is 10.2. The zero-order chi connectivity index (χ0) is 25.3. The van der Waals surface area contributed by atoms with Gasteiger partial charge in [-0.2, -0.15) is 5.10 Å². The third-order valence-corrected chi connectivity index (χ3v) is 6.10. The number of amides is 1. The normalized spacial score (nSPS) is 13.5. The lowest BCUT2D eigenvalue weighted by Crippen LogP contribution is -2.44. The Morgan fingerprint density at radius 3 is 2.40 bits per heavy atom. The van der Waals surface area contributed by atoms with Crippen molar-refractivity contribution in [3.63, 3.8) is 0 Å². The van der Waals surface area contributed by atoms with Gasteiger partial charge in [-0.15, -0.1) is 0 Å². The van der Waals surface area contributed by atoms with Crippen LogP contribution < -0.4 is 10.1 Å². The number of fused-ring (bicyclic) bond motifs is 1. The van der Waals surface area contributed by atoms with Crippen molar-refractivity contribution >= 4 is 16.8 Å². The third-order valence-electron chi connectivity index (χ3n) is 6.10. The molecule has 0 saturated heterocycles. The van der Waals surface area contributed by atoms with Gasteiger partial charge in [0.1, 0.15) is 17.7 Å². The summed E-state index contributed by atoms with van der Waals surface area (Å²) in [6.45, 7) is 11.8. The highest BCUT2D eigenvalue weighted by Crippen LogP contribution is 2.31. The second-order valence-corrected chi connectivity index (χ2v) is 10.2. The number of hydrogen-bond donors (Lipinski definition) is 1. The van der Waals surface area contributed by atoms with Gasteiger partial charge in [0.25, 0.3) is 0 Å².